The maximum Gasteiger partial charge on any atom is 0.159 e. The van der Waals surface area contributed by atoms with E-state index in [-0.39, 0.29) is 0 Å². The van der Waals surface area contributed by atoms with Gasteiger partial charge in [-0.3, -0.25) is 0 Å². The van der Waals surface area contributed by atoms with E-state index in [2.05, 4.69) is 9.98 Å². The van der Waals surface area contributed by atoms with Gasteiger partial charge in [0.15, 0.2) is 5.76 Å². The van der Waals surface area contributed by atoms with Crippen LogP contribution in [0.2, 0.25) is 0 Å². The van der Waals surface area contributed by atoms with Crippen molar-refractivity contribution in [1.29, 1.82) is 0 Å². The van der Waals surface area contributed by atoms with Crippen molar-refractivity contribution in [2.45, 2.75) is 6.42 Å². The molecular weight excluding hydrogens is 168 g/mol. The van der Waals surface area contributed by atoms with Crippen LogP contribution in [0.3, 0.4) is 0 Å². The average Bonchev–Trinajstić information content (AvgIpc) is 2.61. The van der Waals surface area contributed by atoms with E-state index >= 15 is 0 Å². The van der Waals surface area contributed by atoms with Crippen LogP contribution in [0.5, 0.6) is 0 Å². The molecule has 0 bridgehead atoms. The molecule has 66 valence electrons. The number of nitrogens with zero attached hydrogens (tertiary/aromatic N) is 2. The number of aliphatic imine (C=N–C) groups is 2. The SMILES string of the molecule is C1=NC2=CC3=C(CC2=N1)OCCO3. The number of ether oxygens (including phenoxy) is 2. The Balaban J connectivity index is 2.03. The quantitative estimate of drug-likeness (QED) is 0.553. The lowest BCUT2D eigenvalue weighted by atomic mass is 10.1. The van der Waals surface area contributed by atoms with Crippen molar-refractivity contribution in [3.8, 4) is 0 Å². The summed E-state index contributed by atoms with van der Waals surface area (Å²) < 4.78 is 10.9. The van der Waals surface area contributed by atoms with Crippen molar-refractivity contribution in [2.75, 3.05) is 13.2 Å². The Morgan fingerprint density at radius 3 is 3.15 bits per heavy atom. The summed E-state index contributed by atoms with van der Waals surface area (Å²) >= 11 is 0. The van der Waals surface area contributed by atoms with Crippen molar-refractivity contribution in [1.82, 2.24) is 0 Å². The van der Waals surface area contributed by atoms with Crippen LogP contribution in [-0.2, 0) is 9.47 Å². The lowest BCUT2D eigenvalue weighted by Crippen LogP contribution is -2.19. The summed E-state index contributed by atoms with van der Waals surface area (Å²) in [4.78, 5) is 8.25. The van der Waals surface area contributed by atoms with E-state index in [0.29, 0.717) is 19.6 Å². The fraction of sp³-hybridized carbons (Fsp3) is 0.333. The zero-order valence-corrected chi connectivity index (χ0v) is 6.99. The van der Waals surface area contributed by atoms with Gasteiger partial charge in [0.05, 0.1) is 17.8 Å². The Kier molecular flexibility index (Phi) is 1.30. The molecule has 2 heterocycles. The molecule has 0 saturated heterocycles. The molecule has 4 nitrogen and oxygen atoms in total. The van der Waals surface area contributed by atoms with Crippen LogP contribution >= 0.6 is 0 Å². The summed E-state index contributed by atoms with van der Waals surface area (Å²) in [5.74, 6) is 1.71. The van der Waals surface area contributed by atoms with Gasteiger partial charge >= 0.3 is 0 Å². The van der Waals surface area contributed by atoms with Gasteiger partial charge in [0.2, 0.25) is 0 Å². The van der Waals surface area contributed by atoms with Crippen molar-refractivity contribution in [3.63, 3.8) is 0 Å². The Morgan fingerprint density at radius 2 is 2.15 bits per heavy atom. The van der Waals surface area contributed by atoms with Gasteiger partial charge in [-0.1, -0.05) is 0 Å². The molecule has 3 rings (SSSR count). The number of hydrogen-bond acceptors (Lipinski definition) is 4. The van der Waals surface area contributed by atoms with Gasteiger partial charge in [-0.05, 0) is 0 Å². The van der Waals surface area contributed by atoms with E-state index < -0.39 is 0 Å². The number of allylic oxidation sites excluding steroid dienone is 3. The predicted molar refractivity (Wildman–Crippen MR) is 47.6 cm³/mol. The second-order valence-electron chi connectivity index (χ2n) is 3.01. The molecule has 0 atom stereocenters. The summed E-state index contributed by atoms with van der Waals surface area (Å²) in [6.45, 7) is 1.26. The Labute approximate surface area is 75.3 Å². The molecule has 0 aromatic carbocycles. The molecular formula is C9H8N2O2. The molecule has 0 spiro atoms. The molecule has 0 aromatic rings. The summed E-state index contributed by atoms with van der Waals surface area (Å²) in [6.07, 6.45) is 4.17. The zero-order chi connectivity index (χ0) is 8.67. The van der Waals surface area contributed by atoms with E-state index in [1.165, 1.54) is 0 Å². The third-order valence-corrected chi connectivity index (χ3v) is 2.19. The summed E-state index contributed by atoms with van der Waals surface area (Å²) in [6, 6.07) is 0. The van der Waals surface area contributed by atoms with Crippen LogP contribution in [0, 0.1) is 0 Å². The van der Waals surface area contributed by atoms with Crippen molar-refractivity contribution >= 4 is 12.1 Å². The first-order chi connectivity index (χ1) is 6.43. The fourth-order valence-electron chi connectivity index (χ4n) is 1.56. The van der Waals surface area contributed by atoms with Gasteiger partial charge in [-0.2, -0.15) is 0 Å². The van der Waals surface area contributed by atoms with E-state index in [1.807, 2.05) is 6.08 Å². The standard InChI is InChI=1S/C9H8N2O2/c1-2-13-9-4-7-6(10-5-11-7)3-8(9)12-1/h3,5H,1-2,4H2. The van der Waals surface area contributed by atoms with Gasteiger partial charge in [0.25, 0.3) is 0 Å². The molecule has 0 fully saturated rings. The maximum absolute atomic E-state index is 5.46. The highest BCUT2D eigenvalue weighted by molar-refractivity contribution is 6.09. The minimum atomic E-state index is 0.624. The number of hydrogen-bond donors (Lipinski definition) is 0. The van der Waals surface area contributed by atoms with Crippen LogP contribution in [0.4, 0.5) is 0 Å². The van der Waals surface area contributed by atoms with Crippen LogP contribution < -0.4 is 0 Å². The van der Waals surface area contributed by atoms with E-state index in [1.54, 1.807) is 6.34 Å². The van der Waals surface area contributed by atoms with E-state index in [0.717, 1.165) is 22.9 Å². The van der Waals surface area contributed by atoms with Gasteiger partial charge in [0.1, 0.15) is 25.3 Å². The largest absolute Gasteiger partial charge is 0.490 e. The summed E-state index contributed by atoms with van der Waals surface area (Å²) in [5.41, 5.74) is 1.88. The maximum atomic E-state index is 5.46. The molecule has 0 N–H and O–H groups in total. The third-order valence-electron chi connectivity index (χ3n) is 2.19. The molecule has 0 radical (unpaired) electrons. The Bertz CT molecular complexity index is 377. The second kappa shape index (κ2) is 2.45. The first-order valence-corrected chi connectivity index (χ1v) is 4.23. The molecule has 3 aliphatic rings. The normalized spacial score (nSPS) is 24.0. The van der Waals surface area contributed by atoms with Crippen molar-refractivity contribution in [3.05, 3.63) is 23.3 Å². The minimum absolute atomic E-state index is 0.624. The lowest BCUT2D eigenvalue weighted by molar-refractivity contribution is 0.0673. The Morgan fingerprint density at radius 1 is 1.23 bits per heavy atom. The number of rotatable bonds is 0. The van der Waals surface area contributed by atoms with Gasteiger partial charge in [0, 0.05) is 6.08 Å². The zero-order valence-electron chi connectivity index (χ0n) is 6.99. The molecule has 0 unspecified atom stereocenters. The Hall–Kier alpha value is -1.58. The van der Waals surface area contributed by atoms with Crippen LogP contribution in [0.25, 0.3) is 0 Å². The van der Waals surface area contributed by atoms with Crippen molar-refractivity contribution in [2.24, 2.45) is 9.98 Å². The van der Waals surface area contributed by atoms with Gasteiger partial charge in [-0.25, -0.2) is 9.98 Å². The summed E-state index contributed by atoms with van der Waals surface area (Å²) in [5, 5.41) is 0. The fourth-order valence-corrected chi connectivity index (χ4v) is 1.56. The van der Waals surface area contributed by atoms with Crippen LogP contribution in [0.1, 0.15) is 6.42 Å². The first kappa shape index (κ1) is 6.88. The third kappa shape index (κ3) is 0.983. The summed E-state index contributed by atoms with van der Waals surface area (Å²) in [7, 11) is 0. The van der Waals surface area contributed by atoms with Crippen LogP contribution in [-0.4, -0.2) is 25.3 Å². The molecule has 0 saturated carbocycles. The van der Waals surface area contributed by atoms with E-state index in [4.69, 9.17) is 9.47 Å². The topological polar surface area (TPSA) is 43.2 Å². The van der Waals surface area contributed by atoms with Crippen LogP contribution in [0.15, 0.2) is 33.3 Å². The molecule has 2 aliphatic heterocycles. The van der Waals surface area contributed by atoms with E-state index in [9.17, 15) is 0 Å². The molecule has 0 aromatic heterocycles. The molecule has 0 amide bonds. The predicted octanol–water partition coefficient (Wildman–Crippen LogP) is 1.02. The highest BCUT2D eigenvalue weighted by atomic mass is 16.6. The van der Waals surface area contributed by atoms with Gasteiger partial charge in [-0.15, -0.1) is 0 Å². The first-order valence-electron chi connectivity index (χ1n) is 4.23. The molecule has 1 aliphatic carbocycles. The van der Waals surface area contributed by atoms with Crippen molar-refractivity contribution < 1.29 is 9.47 Å². The monoisotopic (exact) mass is 176 g/mol. The minimum Gasteiger partial charge on any atom is -0.490 e. The highest BCUT2D eigenvalue weighted by Crippen LogP contribution is 2.28. The molecule has 13 heavy (non-hydrogen) atoms. The second-order valence-corrected chi connectivity index (χ2v) is 3.01. The smallest absolute Gasteiger partial charge is 0.159 e. The number of fused-ring (bicyclic) bond motifs is 1. The highest BCUT2D eigenvalue weighted by Gasteiger charge is 2.25. The van der Waals surface area contributed by atoms with Gasteiger partial charge < -0.3 is 9.47 Å². The molecule has 4 heteroatoms. The average molecular weight is 176 g/mol. The lowest BCUT2D eigenvalue weighted by Gasteiger charge is -2.23.